The average molecular weight is 295 g/mol. The van der Waals surface area contributed by atoms with Crippen molar-refractivity contribution in [2.75, 3.05) is 13.1 Å². The first-order chi connectivity index (χ1) is 10.7. The SMILES string of the molecule is CCCC1(c2cccc(O)c2)CCN(Cc2ccccc2)C1. The summed E-state index contributed by atoms with van der Waals surface area (Å²) in [5.74, 6) is 0.384. The zero-order chi connectivity index (χ0) is 15.4. The summed E-state index contributed by atoms with van der Waals surface area (Å²) in [6.45, 7) is 5.49. The number of phenols is 1. The molecule has 1 aliphatic heterocycles. The van der Waals surface area contributed by atoms with Crippen molar-refractivity contribution in [3.8, 4) is 5.75 Å². The molecule has 1 saturated heterocycles. The highest BCUT2D eigenvalue weighted by Gasteiger charge is 2.38. The molecule has 2 aromatic carbocycles. The van der Waals surface area contributed by atoms with Gasteiger partial charge in [0.2, 0.25) is 0 Å². The second-order valence-electron chi connectivity index (χ2n) is 6.53. The third-order valence-electron chi connectivity index (χ3n) is 4.87. The van der Waals surface area contributed by atoms with E-state index < -0.39 is 0 Å². The second kappa shape index (κ2) is 6.53. The number of nitrogens with zero attached hydrogens (tertiary/aromatic N) is 1. The summed E-state index contributed by atoms with van der Waals surface area (Å²) < 4.78 is 0. The molecule has 0 aliphatic carbocycles. The van der Waals surface area contributed by atoms with Crippen molar-refractivity contribution in [3.05, 3.63) is 65.7 Å². The van der Waals surface area contributed by atoms with Crippen molar-refractivity contribution in [1.29, 1.82) is 0 Å². The molecule has 0 aromatic heterocycles. The van der Waals surface area contributed by atoms with E-state index in [0.29, 0.717) is 5.75 Å². The molecule has 116 valence electrons. The Morgan fingerprint density at radius 3 is 2.64 bits per heavy atom. The molecule has 2 heteroatoms. The van der Waals surface area contributed by atoms with E-state index in [9.17, 15) is 5.11 Å². The van der Waals surface area contributed by atoms with E-state index in [1.165, 1.54) is 30.4 Å². The fourth-order valence-corrected chi connectivity index (χ4v) is 3.83. The summed E-state index contributed by atoms with van der Waals surface area (Å²) in [7, 11) is 0. The zero-order valence-electron chi connectivity index (χ0n) is 13.3. The summed E-state index contributed by atoms with van der Waals surface area (Å²) in [6.07, 6.45) is 3.54. The third-order valence-corrected chi connectivity index (χ3v) is 4.87. The molecule has 0 amide bonds. The van der Waals surface area contributed by atoms with Crippen molar-refractivity contribution >= 4 is 0 Å². The Hall–Kier alpha value is -1.80. The van der Waals surface area contributed by atoms with E-state index in [0.717, 1.165) is 19.6 Å². The molecule has 1 N–H and O–H groups in total. The van der Waals surface area contributed by atoms with Crippen molar-refractivity contribution in [3.63, 3.8) is 0 Å². The lowest BCUT2D eigenvalue weighted by atomic mass is 9.76. The minimum atomic E-state index is 0.197. The Kier molecular flexibility index (Phi) is 4.49. The lowest BCUT2D eigenvalue weighted by Crippen LogP contribution is -2.30. The minimum absolute atomic E-state index is 0.197. The number of hydrogen-bond donors (Lipinski definition) is 1. The molecule has 0 bridgehead atoms. The van der Waals surface area contributed by atoms with Crippen LogP contribution < -0.4 is 0 Å². The van der Waals surface area contributed by atoms with Gasteiger partial charge < -0.3 is 5.11 Å². The number of benzene rings is 2. The molecule has 1 atom stereocenters. The largest absolute Gasteiger partial charge is 0.508 e. The van der Waals surface area contributed by atoms with Crippen LogP contribution in [0.25, 0.3) is 0 Å². The highest BCUT2D eigenvalue weighted by molar-refractivity contribution is 5.34. The number of hydrogen-bond acceptors (Lipinski definition) is 2. The summed E-state index contributed by atoms with van der Waals surface area (Å²) in [4.78, 5) is 2.55. The Bertz CT molecular complexity index is 610. The molecule has 0 saturated carbocycles. The predicted octanol–water partition coefficient (Wildman–Crippen LogP) is 4.34. The van der Waals surface area contributed by atoms with Gasteiger partial charge in [0, 0.05) is 18.5 Å². The molecule has 3 rings (SSSR count). The molecule has 2 nitrogen and oxygen atoms in total. The lowest BCUT2D eigenvalue weighted by molar-refractivity contribution is 0.294. The second-order valence-corrected chi connectivity index (χ2v) is 6.53. The van der Waals surface area contributed by atoms with Crippen molar-refractivity contribution in [2.45, 2.75) is 38.1 Å². The molecular formula is C20H25NO. The maximum absolute atomic E-state index is 9.84. The predicted molar refractivity (Wildman–Crippen MR) is 91.0 cm³/mol. The molecular weight excluding hydrogens is 270 g/mol. The maximum Gasteiger partial charge on any atom is 0.115 e. The van der Waals surface area contributed by atoms with Gasteiger partial charge in [-0.2, -0.15) is 0 Å². The van der Waals surface area contributed by atoms with E-state index in [-0.39, 0.29) is 5.41 Å². The first-order valence-electron chi connectivity index (χ1n) is 8.28. The Morgan fingerprint density at radius 2 is 1.91 bits per heavy atom. The van der Waals surface area contributed by atoms with Gasteiger partial charge in [-0.15, -0.1) is 0 Å². The van der Waals surface area contributed by atoms with Crippen LogP contribution in [0, 0.1) is 0 Å². The van der Waals surface area contributed by atoms with Gasteiger partial charge in [-0.3, -0.25) is 4.90 Å². The molecule has 22 heavy (non-hydrogen) atoms. The summed E-state index contributed by atoms with van der Waals surface area (Å²) in [5, 5.41) is 9.84. The number of likely N-dealkylation sites (tertiary alicyclic amines) is 1. The topological polar surface area (TPSA) is 23.5 Å². The highest BCUT2D eigenvalue weighted by atomic mass is 16.3. The van der Waals surface area contributed by atoms with Crippen LogP contribution in [0.5, 0.6) is 5.75 Å². The zero-order valence-corrected chi connectivity index (χ0v) is 13.3. The molecule has 1 fully saturated rings. The molecule has 1 aliphatic rings. The van der Waals surface area contributed by atoms with Gasteiger partial charge >= 0.3 is 0 Å². The first kappa shape index (κ1) is 15.1. The van der Waals surface area contributed by atoms with Crippen LogP contribution in [0.4, 0.5) is 0 Å². The van der Waals surface area contributed by atoms with Crippen molar-refractivity contribution in [2.24, 2.45) is 0 Å². The molecule has 0 radical (unpaired) electrons. The summed E-state index contributed by atoms with van der Waals surface area (Å²) >= 11 is 0. The summed E-state index contributed by atoms with van der Waals surface area (Å²) in [5.41, 5.74) is 2.87. The Morgan fingerprint density at radius 1 is 1.09 bits per heavy atom. The molecule has 1 unspecified atom stereocenters. The van der Waals surface area contributed by atoms with Crippen LogP contribution in [0.15, 0.2) is 54.6 Å². The van der Waals surface area contributed by atoms with Crippen LogP contribution in [0.1, 0.15) is 37.3 Å². The first-order valence-corrected chi connectivity index (χ1v) is 8.28. The van der Waals surface area contributed by atoms with Crippen molar-refractivity contribution in [1.82, 2.24) is 4.90 Å². The van der Waals surface area contributed by atoms with Crippen LogP contribution in [0.2, 0.25) is 0 Å². The van der Waals surface area contributed by atoms with Crippen LogP contribution in [-0.2, 0) is 12.0 Å². The van der Waals surface area contributed by atoms with Gasteiger partial charge in [0.25, 0.3) is 0 Å². The van der Waals surface area contributed by atoms with Crippen LogP contribution in [-0.4, -0.2) is 23.1 Å². The smallest absolute Gasteiger partial charge is 0.115 e. The quantitative estimate of drug-likeness (QED) is 0.887. The fourth-order valence-electron chi connectivity index (χ4n) is 3.83. The Labute approximate surface area is 133 Å². The van der Waals surface area contributed by atoms with Gasteiger partial charge in [-0.25, -0.2) is 0 Å². The highest BCUT2D eigenvalue weighted by Crippen LogP contribution is 2.40. The number of rotatable bonds is 5. The fraction of sp³-hybridized carbons (Fsp3) is 0.400. The number of aromatic hydroxyl groups is 1. The van der Waals surface area contributed by atoms with Crippen molar-refractivity contribution < 1.29 is 5.11 Å². The van der Waals surface area contributed by atoms with Gasteiger partial charge in [0.1, 0.15) is 5.75 Å². The molecule has 0 spiro atoms. The Balaban J connectivity index is 1.79. The number of phenolic OH excluding ortho intramolecular Hbond substituents is 1. The van der Waals surface area contributed by atoms with E-state index in [2.05, 4.69) is 48.2 Å². The van der Waals surface area contributed by atoms with E-state index in [1.54, 1.807) is 6.07 Å². The van der Waals surface area contributed by atoms with Crippen LogP contribution in [0.3, 0.4) is 0 Å². The van der Waals surface area contributed by atoms with Gasteiger partial charge in [0.05, 0.1) is 0 Å². The van der Waals surface area contributed by atoms with E-state index >= 15 is 0 Å². The maximum atomic E-state index is 9.84. The van der Waals surface area contributed by atoms with Gasteiger partial charge in [0.15, 0.2) is 0 Å². The monoisotopic (exact) mass is 295 g/mol. The van der Waals surface area contributed by atoms with Gasteiger partial charge in [-0.1, -0.05) is 55.8 Å². The van der Waals surface area contributed by atoms with Gasteiger partial charge in [-0.05, 0) is 42.6 Å². The van der Waals surface area contributed by atoms with E-state index in [4.69, 9.17) is 0 Å². The standard InChI is InChI=1S/C20H25NO/c1-2-11-20(18-9-6-10-19(22)14-18)12-13-21(16-20)15-17-7-4-3-5-8-17/h3-10,14,22H,2,11-13,15-16H2,1H3. The van der Waals surface area contributed by atoms with Crippen LogP contribution >= 0.6 is 0 Å². The normalized spacial score (nSPS) is 22.0. The minimum Gasteiger partial charge on any atom is -0.508 e. The molecule has 1 heterocycles. The lowest BCUT2D eigenvalue weighted by Gasteiger charge is -2.30. The third kappa shape index (κ3) is 3.17. The average Bonchev–Trinajstić information content (AvgIpc) is 2.93. The van der Waals surface area contributed by atoms with E-state index in [1.807, 2.05) is 12.1 Å². The summed E-state index contributed by atoms with van der Waals surface area (Å²) in [6, 6.07) is 18.6. The molecule has 2 aromatic rings.